The lowest BCUT2D eigenvalue weighted by atomic mass is 9.65. The van der Waals surface area contributed by atoms with Crippen LogP contribution in [0.2, 0.25) is 0 Å². The van der Waals surface area contributed by atoms with Crippen molar-refractivity contribution in [3.8, 4) is 0 Å². The zero-order valence-corrected chi connectivity index (χ0v) is 23.3. The zero-order valence-electron chi connectivity index (χ0n) is 23.3. The quantitative estimate of drug-likeness (QED) is 0.343. The number of fused-ring (bicyclic) bond motifs is 2. The van der Waals surface area contributed by atoms with Crippen LogP contribution in [0.4, 0.5) is 0 Å². The van der Waals surface area contributed by atoms with E-state index in [-0.39, 0.29) is 25.1 Å². The van der Waals surface area contributed by atoms with Crippen LogP contribution in [-0.2, 0) is 32.3 Å². The van der Waals surface area contributed by atoms with Crippen molar-refractivity contribution in [2.75, 3.05) is 6.61 Å². The molecule has 3 saturated heterocycles. The number of ether oxygens (including phenoxy) is 1. The Balaban J connectivity index is 1.32. The SMILES string of the molecule is CC[C@@H](CO)N1C(=O)[C@@H]2[C@@H](C(=O)NCc3ccccc3)[C@@]3(CC)CCC2(O3)C1C(=O)NCn1nnc2ccccc21. The van der Waals surface area contributed by atoms with E-state index in [1.165, 1.54) is 4.90 Å². The van der Waals surface area contributed by atoms with Gasteiger partial charge in [-0.15, -0.1) is 5.10 Å². The largest absolute Gasteiger partial charge is 0.394 e. The number of para-hydroxylation sites is 1. The smallest absolute Gasteiger partial charge is 0.247 e. The highest BCUT2D eigenvalue weighted by molar-refractivity contribution is 5.99. The number of aliphatic hydroxyl groups excluding tert-OH is 1. The van der Waals surface area contributed by atoms with Gasteiger partial charge in [-0.25, -0.2) is 4.68 Å². The number of likely N-dealkylation sites (tertiary alicyclic amines) is 1. The molecule has 6 atom stereocenters. The summed E-state index contributed by atoms with van der Waals surface area (Å²) in [5.41, 5.74) is 0.418. The van der Waals surface area contributed by atoms with E-state index in [1.807, 2.05) is 68.4 Å². The molecule has 41 heavy (non-hydrogen) atoms. The van der Waals surface area contributed by atoms with Crippen LogP contribution in [0.5, 0.6) is 0 Å². The van der Waals surface area contributed by atoms with E-state index < -0.39 is 41.0 Å². The molecule has 1 spiro atoms. The number of amides is 3. The molecule has 1 aromatic heterocycles. The number of nitrogens with one attached hydrogen (secondary N) is 2. The molecule has 0 aliphatic carbocycles. The Morgan fingerprint density at radius 2 is 1.83 bits per heavy atom. The number of hydrogen-bond donors (Lipinski definition) is 3. The monoisotopic (exact) mass is 560 g/mol. The second-order valence-electron chi connectivity index (χ2n) is 11.3. The minimum Gasteiger partial charge on any atom is -0.394 e. The molecule has 0 radical (unpaired) electrons. The fraction of sp³-hybridized carbons (Fsp3) is 0.500. The summed E-state index contributed by atoms with van der Waals surface area (Å²) in [5, 5.41) is 24.5. The van der Waals surface area contributed by atoms with Crippen LogP contribution in [-0.4, -0.2) is 72.6 Å². The Hall–Kier alpha value is -3.83. The van der Waals surface area contributed by atoms with E-state index in [9.17, 15) is 19.5 Å². The first-order chi connectivity index (χ1) is 19.9. The third-order valence-corrected chi connectivity index (χ3v) is 9.36. The first-order valence-electron chi connectivity index (χ1n) is 14.4. The van der Waals surface area contributed by atoms with Crippen molar-refractivity contribution in [2.45, 2.75) is 76.0 Å². The molecule has 3 fully saturated rings. The van der Waals surface area contributed by atoms with Crippen molar-refractivity contribution in [1.29, 1.82) is 0 Å². The molecule has 11 nitrogen and oxygen atoms in total. The third kappa shape index (κ3) is 4.21. The summed E-state index contributed by atoms with van der Waals surface area (Å²) < 4.78 is 8.38. The van der Waals surface area contributed by atoms with Crippen LogP contribution in [0.25, 0.3) is 11.0 Å². The van der Waals surface area contributed by atoms with Gasteiger partial charge in [-0.1, -0.05) is 61.5 Å². The molecule has 6 rings (SSSR count). The number of rotatable bonds is 10. The zero-order chi connectivity index (χ0) is 28.8. The summed E-state index contributed by atoms with van der Waals surface area (Å²) in [7, 11) is 0. The lowest BCUT2D eigenvalue weighted by Crippen LogP contribution is -2.58. The Labute approximate surface area is 238 Å². The molecular formula is C30H36N6O5. The minimum atomic E-state index is -1.17. The van der Waals surface area contributed by atoms with Gasteiger partial charge < -0.3 is 25.4 Å². The van der Waals surface area contributed by atoms with Crippen LogP contribution < -0.4 is 10.6 Å². The van der Waals surface area contributed by atoms with Crippen molar-refractivity contribution in [2.24, 2.45) is 11.8 Å². The average molecular weight is 561 g/mol. The molecule has 2 aromatic carbocycles. The maximum absolute atomic E-state index is 14.2. The highest BCUT2D eigenvalue weighted by Crippen LogP contribution is 2.64. The molecule has 2 unspecified atom stereocenters. The van der Waals surface area contributed by atoms with Gasteiger partial charge in [0.1, 0.15) is 23.8 Å². The van der Waals surface area contributed by atoms with Gasteiger partial charge in [0, 0.05) is 6.54 Å². The standard InChI is InChI=1S/C30H36N6O5/c1-3-20(17-37)36-25(27(39)32-18-35-22-13-9-8-12-21(22)33-34-35)30-15-14-29(4-2,41-30)23(24(30)28(36)40)26(38)31-16-19-10-6-5-7-11-19/h5-13,20,23-25,37H,3-4,14-18H2,1-2H3,(H,31,38)(H,32,39)/t20-,23-,24-,25?,29+,30?/m0/s1. The molecule has 3 aliphatic heterocycles. The van der Waals surface area contributed by atoms with Crippen molar-refractivity contribution < 1.29 is 24.2 Å². The first-order valence-corrected chi connectivity index (χ1v) is 14.4. The molecule has 4 heterocycles. The highest BCUT2D eigenvalue weighted by Gasteiger charge is 2.79. The van der Waals surface area contributed by atoms with E-state index in [2.05, 4.69) is 20.9 Å². The predicted molar refractivity (Wildman–Crippen MR) is 149 cm³/mol. The minimum absolute atomic E-state index is 0.0501. The van der Waals surface area contributed by atoms with Gasteiger partial charge in [-0.05, 0) is 43.4 Å². The summed E-state index contributed by atoms with van der Waals surface area (Å²) in [5.74, 6) is -2.52. The molecule has 11 heteroatoms. The van der Waals surface area contributed by atoms with Gasteiger partial charge in [-0.2, -0.15) is 0 Å². The number of hydrogen-bond acceptors (Lipinski definition) is 7. The van der Waals surface area contributed by atoms with E-state index >= 15 is 0 Å². The van der Waals surface area contributed by atoms with Gasteiger partial charge >= 0.3 is 0 Å². The molecular weight excluding hydrogens is 524 g/mol. The molecule has 2 bridgehead atoms. The van der Waals surface area contributed by atoms with E-state index in [0.29, 0.717) is 37.7 Å². The fourth-order valence-corrected chi connectivity index (χ4v) is 7.34. The summed E-state index contributed by atoms with van der Waals surface area (Å²) >= 11 is 0. The van der Waals surface area contributed by atoms with E-state index in [1.54, 1.807) is 4.68 Å². The Kier molecular flexibility index (Phi) is 7.03. The second kappa shape index (κ2) is 10.5. The first kappa shape index (κ1) is 27.3. The number of nitrogens with zero attached hydrogens (tertiary/aromatic N) is 4. The lowest BCUT2D eigenvalue weighted by Gasteiger charge is -2.37. The topological polar surface area (TPSA) is 139 Å². The number of benzene rings is 2. The van der Waals surface area contributed by atoms with Crippen molar-refractivity contribution >= 4 is 28.8 Å². The molecule has 216 valence electrons. The highest BCUT2D eigenvalue weighted by atomic mass is 16.5. The average Bonchev–Trinajstić information content (AvgIpc) is 3.73. The van der Waals surface area contributed by atoms with Crippen LogP contribution in [0, 0.1) is 11.8 Å². The van der Waals surface area contributed by atoms with E-state index in [0.717, 1.165) is 11.1 Å². The maximum Gasteiger partial charge on any atom is 0.247 e. The predicted octanol–water partition coefficient (Wildman–Crippen LogP) is 1.75. The van der Waals surface area contributed by atoms with Gasteiger partial charge in [-0.3, -0.25) is 14.4 Å². The number of aliphatic hydroxyl groups is 1. The van der Waals surface area contributed by atoms with Crippen LogP contribution in [0.15, 0.2) is 54.6 Å². The molecule has 3 N–H and O–H groups in total. The number of carbonyl (C=O) groups excluding carboxylic acids is 3. The van der Waals surface area contributed by atoms with Gasteiger partial charge in [0.25, 0.3) is 0 Å². The van der Waals surface area contributed by atoms with Crippen LogP contribution >= 0.6 is 0 Å². The van der Waals surface area contributed by atoms with Crippen molar-refractivity contribution in [3.63, 3.8) is 0 Å². The number of aromatic nitrogens is 3. The Bertz CT molecular complexity index is 1460. The van der Waals surface area contributed by atoms with Crippen LogP contribution in [0.3, 0.4) is 0 Å². The molecule has 0 saturated carbocycles. The Morgan fingerprint density at radius 3 is 2.56 bits per heavy atom. The summed E-state index contributed by atoms with van der Waals surface area (Å²) in [6.07, 6.45) is 2.03. The maximum atomic E-state index is 14.2. The lowest BCUT2D eigenvalue weighted by molar-refractivity contribution is -0.151. The molecule has 3 amide bonds. The third-order valence-electron chi connectivity index (χ3n) is 9.36. The van der Waals surface area contributed by atoms with Crippen LogP contribution in [0.1, 0.15) is 45.1 Å². The second-order valence-corrected chi connectivity index (χ2v) is 11.3. The van der Waals surface area contributed by atoms with Crippen molar-refractivity contribution in [3.05, 3.63) is 60.2 Å². The summed E-state index contributed by atoms with van der Waals surface area (Å²) in [4.78, 5) is 43.6. The molecule has 3 aliphatic rings. The van der Waals surface area contributed by atoms with Crippen molar-refractivity contribution in [1.82, 2.24) is 30.5 Å². The summed E-state index contributed by atoms with van der Waals surface area (Å²) in [6, 6.07) is 15.5. The normalized spacial score (nSPS) is 29.1. The van der Waals surface area contributed by atoms with Gasteiger partial charge in [0.2, 0.25) is 17.7 Å². The summed E-state index contributed by atoms with van der Waals surface area (Å²) in [6.45, 7) is 3.91. The fourth-order valence-electron chi connectivity index (χ4n) is 7.34. The Morgan fingerprint density at radius 1 is 1.07 bits per heavy atom. The van der Waals surface area contributed by atoms with Gasteiger partial charge in [0.05, 0.1) is 35.6 Å². The van der Waals surface area contributed by atoms with E-state index in [4.69, 9.17) is 4.74 Å². The molecule has 3 aromatic rings. The van der Waals surface area contributed by atoms with Gasteiger partial charge in [0.15, 0.2) is 0 Å². The number of carbonyl (C=O) groups is 3.